The normalized spacial score (nSPS) is 19.6. The molecule has 20 heavy (non-hydrogen) atoms. The lowest BCUT2D eigenvalue weighted by Gasteiger charge is -2.16. The van der Waals surface area contributed by atoms with E-state index in [2.05, 4.69) is 62.9 Å². The molecule has 0 spiro atoms. The van der Waals surface area contributed by atoms with Crippen LogP contribution < -0.4 is 5.73 Å². The first-order chi connectivity index (χ1) is 9.65. The van der Waals surface area contributed by atoms with Crippen molar-refractivity contribution >= 4 is 28.4 Å². The number of aryl methyl sites for hydroxylation is 1. The molecule has 1 aromatic carbocycles. The molecular formula is C15H19IN4. The molecule has 2 aromatic rings. The van der Waals surface area contributed by atoms with Gasteiger partial charge in [-0.2, -0.15) is 5.10 Å². The molecule has 4 nitrogen and oxygen atoms in total. The van der Waals surface area contributed by atoms with Gasteiger partial charge in [0.1, 0.15) is 5.82 Å². The zero-order valence-corrected chi connectivity index (χ0v) is 13.7. The second-order valence-electron chi connectivity index (χ2n) is 5.39. The predicted octanol–water partition coefficient (Wildman–Crippen LogP) is 2.83. The van der Waals surface area contributed by atoms with E-state index in [-0.39, 0.29) is 0 Å². The summed E-state index contributed by atoms with van der Waals surface area (Å²) in [6, 6.07) is 11.0. The fourth-order valence-corrected chi connectivity index (χ4v) is 3.18. The SMILES string of the molecule is Cc1nn(C2CCN(Cc3ccccc3)C2)c(N)c1I. The zero-order valence-electron chi connectivity index (χ0n) is 11.6. The molecule has 2 heterocycles. The number of hydrogen-bond donors (Lipinski definition) is 1. The molecule has 1 atom stereocenters. The minimum absolute atomic E-state index is 0.404. The summed E-state index contributed by atoms with van der Waals surface area (Å²) in [5, 5.41) is 4.59. The Morgan fingerprint density at radius 2 is 2.10 bits per heavy atom. The minimum Gasteiger partial charge on any atom is -0.383 e. The Labute approximate surface area is 133 Å². The maximum atomic E-state index is 6.16. The van der Waals surface area contributed by atoms with Gasteiger partial charge < -0.3 is 5.73 Å². The number of rotatable bonds is 3. The van der Waals surface area contributed by atoms with Gasteiger partial charge in [-0.1, -0.05) is 30.3 Å². The average Bonchev–Trinajstić information content (AvgIpc) is 3.01. The van der Waals surface area contributed by atoms with Gasteiger partial charge in [-0.15, -0.1) is 0 Å². The van der Waals surface area contributed by atoms with Gasteiger partial charge in [0, 0.05) is 19.6 Å². The molecular weight excluding hydrogens is 363 g/mol. The summed E-state index contributed by atoms with van der Waals surface area (Å²) in [4.78, 5) is 2.48. The van der Waals surface area contributed by atoms with Crippen LogP contribution in [-0.4, -0.2) is 27.8 Å². The van der Waals surface area contributed by atoms with Crippen molar-refractivity contribution < 1.29 is 0 Å². The van der Waals surface area contributed by atoms with E-state index in [1.165, 1.54) is 5.56 Å². The van der Waals surface area contributed by atoms with Gasteiger partial charge in [0.05, 0.1) is 15.3 Å². The Hall–Kier alpha value is -1.08. The number of anilines is 1. The van der Waals surface area contributed by atoms with Crippen molar-refractivity contribution in [2.24, 2.45) is 0 Å². The van der Waals surface area contributed by atoms with Crippen LogP contribution in [0.15, 0.2) is 30.3 Å². The summed E-state index contributed by atoms with van der Waals surface area (Å²) in [7, 11) is 0. The summed E-state index contributed by atoms with van der Waals surface area (Å²) in [6.07, 6.45) is 1.12. The Morgan fingerprint density at radius 3 is 2.75 bits per heavy atom. The van der Waals surface area contributed by atoms with E-state index < -0.39 is 0 Å². The van der Waals surface area contributed by atoms with Crippen molar-refractivity contribution in [2.75, 3.05) is 18.8 Å². The number of nitrogen functional groups attached to an aromatic ring is 1. The monoisotopic (exact) mass is 382 g/mol. The van der Waals surface area contributed by atoms with Crippen LogP contribution in [0.25, 0.3) is 0 Å². The van der Waals surface area contributed by atoms with E-state index in [1.807, 2.05) is 11.6 Å². The minimum atomic E-state index is 0.404. The lowest BCUT2D eigenvalue weighted by molar-refractivity contribution is 0.312. The highest BCUT2D eigenvalue weighted by Gasteiger charge is 2.26. The van der Waals surface area contributed by atoms with Crippen LogP contribution in [0.4, 0.5) is 5.82 Å². The van der Waals surface area contributed by atoms with E-state index in [0.29, 0.717) is 6.04 Å². The van der Waals surface area contributed by atoms with Gasteiger partial charge in [-0.3, -0.25) is 4.90 Å². The third kappa shape index (κ3) is 2.69. The van der Waals surface area contributed by atoms with Crippen molar-refractivity contribution in [1.29, 1.82) is 0 Å². The molecule has 1 unspecified atom stereocenters. The van der Waals surface area contributed by atoms with Crippen LogP contribution >= 0.6 is 22.6 Å². The molecule has 106 valence electrons. The van der Waals surface area contributed by atoms with Crippen molar-refractivity contribution in [3.63, 3.8) is 0 Å². The molecule has 2 N–H and O–H groups in total. The lowest BCUT2D eigenvalue weighted by atomic mass is 10.2. The molecule has 0 radical (unpaired) electrons. The van der Waals surface area contributed by atoms with Gasteiger partial charge >= 0.3 is 0 Å². The predicted molar refractivity (Wildman–Crippen MR) is 89.5 cm³/mol. The molecule has 1 aromatic heterocycles. The highest BCUT2D eigenvalue weighted by molar-refractivity contribution is 14.1. The Bertz CT molecular complexity index is 593. The first-order valence-electron chi connectivity index (χ1n) is 6.91. The molecule has 1 aliphatic heterocycles. The number of halogens is 1. The van der Waals surface area contributed by atoms with Crippen molar-refractivity contribution in [3.8, 4) is 0 Å². The van der Waals surface area contributed by atoms with Crippen LogP contribution in [-0.2, 0) is 6.54 Å². The van der Waals surface area contributed by atoms with Crippen LogP contribution in [0.5, 0.6) is 0 Å². The Kier molecular flexibility index (Phi) is 3.98. The number of aromatic nitrogens is 2. The first kappa shape index (κ1) is 13.9. The van der Waals surface area contributed by atoms with Gasteiger partial charge in [0.15, 0.2) is 0 Å². The van der Waals surface area contributed by atoms with Crippen molar-refractivity contribution in [1.82, 2.24) is 14.7 Å². The van der Waals surface area contributed by atoms with Crippen LogP contribution in [0.1, 0.15) is 23.7 Å². The second-order valence-corrected chi connectivity index (χ2v) is 6.47. The van der Waals surface area contributed by atoms with Crippen LogP contribution in [0.2, 0.25) is 0 Å². The van der Waals surface area contributed by atoms with E-state index in [1.54, 1.807) is 0 Å². The number of hydrogen-bond acceptors (Lipinski definition) is 3. The summed E-state index contributed by atoms with van der Waals surface area (Å²) in [5.41, 5.74) is 8.56. The first-order valence-corrected chi connectivity index (χ1v) is 7.99. The number of likely N-dealkylation sites (tertiary alicyclic amines) is 1. The third-order valence-electron chi connectivity index (χ3n) is 3.89. The molecule has 0 amide bonds. The van der Waals surface area contributed by atoms with E-state index >= 15 is 0 Å². The molecule has 1 fully saturated rings. The lowest BCUT2D eigenvalue weighted by Crippen LogP contribution is -2.22. The average molecular weight is 382 g/mol. The third-order valence-corrected chi connectivity index (χ3v) is 5.22. The molecule has 3 rings (SSSR count). The highest BCUT2D eigenvalue weighted by atomic mass is 127. The van der Waals surface area contributed by atoms with Gasteiger partial charge in [0.2, 0.25) is 0 Å². The van der Waals surface area contributed by atoms with E-state index in [4.69, 9.17) is 5.73 Å². The smallest absolute Gasteiger partial charge is 0.135 e. The number of benzene rings is 1. The fraction of sp³-hybridized carbons (Fsp3) is 0.400. The highest BCUT2D eigenvalue weighted by Crippen LogP contribution is 2.28. The topological polar surface area (TPSA) is 47.1 Å². The second kappa shape index (κ2) is 5.73. The van der Waals surface area contributed by atoms with E-state index in [9.17, 15) is 0 Å². The van der Waals surface area contributed by atoms with Crippen LogP contribution in [0, 0.1) is 10.5 Å². The largest absolute Gasteiger partial charge is 0.383 e. The maximum absolute atomic E-state index is 6.16. The molecule has 0 bridgehead atoms. The summed E-state index contributed by atoms with van der Waals surface area (Å²) >= 11 is 2.28. The van der Waals surface area contributed by atoms with Gasteiger partial charge in [0.25, 0.3) is 0 Å². The Balaban J connectivity index is 1.69. The van der Waals surface area contributed by atoms with Gasteiger partial charge in [-0.25, -0.2) is 4.68 Å². The standard InChI is InChI=1S/C15H19IN4/c1-11-14(16)15(17)20(18-11)13-7-8-19(10-13)9-12-5-3-2-4-6-12/h2-6,13H,7-10,17H2,1H3. The van der Waals surface area contributed by atoms with Crippen LogP contribution in [0.3, 0.4) is 0 Å². The summed E-state index contributed by atoms with van der Waals surface area (Å²) in [6.45, 7) is 5.16. The maximum Gasteiger partial charge on any atom is 0.135 e. The number of nitrogens with zero attached hydrogens (tertiary/aromatic N) is 3. The van der Waals surface area contributed by atoms with Crippen molar-refractivity contribution in [3.05, 3.63) is 45.2 Å². The summed E-state index contributed by atoms with van der Waals surface area (Å²) in [5.74, 6) is 0.815. The van der Waals surface area contributed by atoms with Crippen molar-refractivity contribution in [2.45, 2.75) is 25.9 Å². The Morgan fingerprint density at radius 1 is 1.35 bits per heavy atom. The quantitative estimate of drug-likeness (QED) is 0.831. The molecule has 0 aliphatic carbocycles. The number of nitrogens with two attached hydrogens (primary N) is 1. The fourth-order valence-electron chi connectivity index (χ4n) is 2.82. The molecule has 1 aliphatic rings. The van der Waals surface area contributed by atoms with Gasteiger partial charge in [-0.05, 0) is 41.5 Å². The molecule has 1 saturated heterocycles. The summed E-state index contributed by atoms with van der Waals surface area (Å²) < 4.78 is 3.10. The molecule has 0 saturated carbocycles. The molecule has 5 heteroatoms. The zero-order chi connectivity index (χ0) is 14.1. The van der Waals surface area contributed by atoms with E-state index in [0.717, 1.165) is 41.1 Å².